The normalized spacial score (nSPS) is 10.6. The summed E-state index contributed by atoms with van der Waals surface area (Å²) in [4.78, 5) is 0. The number of hydrogen-bond donors (Lipinski definition) is 1. The van der Waals surface area contributed by atoms with Gasteiger partial charge in [-0.3, -0.25) is 5.21 Å². The van der Waals surface area contributed by atoms with E-state index in [0.717, 1.165) is 16.3 Å². The SMILES string of the molecule is ON(/C=C/c1ccccc1)c1ccccc1. The summed E-state index contributed by atoms with van der Waals surface area (Å²) < 4.78 is 0. The van der Waals surface area contributed by atoms with E-state index < -0.39 is 0 Å². The Balaban J connectivity index is 2.08. The molecule has 0 heterocycles. The van der Waals surface area contributed by atoms with Gasteiger partial charge in [0.2, 0.25) is 0 Å². The summed E-state index contributed by atoms with van der Waals surface area (Å²) in [6, 6.07) is 19.2. The minimum absolute atomic E-state index is 0.745. The third-order valence-electron chi connectivity index (χ3n) is 2.23. The summed E-state index contributed by atoms with van der Waals surface area (Å²) in [5.41, 5.74) is 1.80. The lowest BCUT2D eigenvalue weighted by Crippen LogP contribution is -2.08. The molecule has 0 saturated heterocycles. The molecule has 0 spiro atoms. The molecule has 0 aliphatic carbocycles. The van der Waals surface area contributed by atoms with Gasteiger partial charge in [0.15, 0.2) is 0 Å². The van der Waals surface area contributed by atoms with Gasteiger partial charge in [0.25, 0.3) is 0 Å². The molecule has 0 aliphatic heterocycles. The summed E-state index contributed by atoms with van der Waals surface area (Å²) in [6.07, 6.45) is 3.48. The lowest BCUT2D eigenvalue weighted by Gasteiger charge is -2.10. The van der Waals surface area contributed by atoms with Crippen molar-refractivity contribution >= 4 is 11.8 Å². The van der Waals surface area contributed by atoms with Crippen molar-refractivity contribution in [2.75, 3.05) is 5.06 Å². The second-order valence-corrected chi connectivity index (χ2v) is 3.41. The van der Waals surface area contributed by atoms with Gasteiger partial charge in [0.1, 0.15) is 0 Å². The van der Waals surface area contributed by atoms with Gasteiger partial charge < -0.3 is 0 Å². The Kier molecular flexibility index (Phi) is 3.36. The van der Waals surface area contributed by atoms with Crippen molar-refractivity contribution in [2.24, 2.45) is 0 Å². The Hall–Kier alpha value is -2.06. The Labute approximate surface area is 95.0 Å². The first-order valence-electron chi connectivity index (χ1n) is 5.13. The predicted octanol–water partition coefficient (Wildman–Crippen LogP) is 3.55. The monoisotopic (exact) mass is 211 g/mol. The number of benzene rings is 2. The largest absolute Gasteiger partial charge is 0.284 e. The van der Waals surface area contributed by atoms with Gasteiger partial charge in [-0.15, -0.1) is 0 Å². The molecular weight excluding hydrogens is 198 g/mol. The summed E-state index contributed by atoms with van der Waals surface area (Å²) in [6.45, 7) is 0. The van der Waals surface area contributed by atoms with Crippen LogP contribution in [0.15, 0.2) is 66.9 Å². The van der Waals surface area contributed by atoms with E-state index in [1.807, 2.05) is 66.7 Å². The van der Waals surface area contributed by atoms with Crippen molar-refractivity contribution < 1.29 is 5.21 Å². The standard InChI is InChI=1S/C14H13NO/c16-15(14-9-5-2-6-10-14)12-11-13-7-3-1-4-8-13/h1-12,16H/b12-11+. The summed E-state index contributed by atoms with van der Waals surface area (Å²) in [7, 11) is 0. The molecule has 16 heavy (non-hydrogen) atoms. The molecule has 1 N–H and O–H groups in total. The van der Waals surface area contributed by atoms with Gasteiger partial charge in [-0.25, -0.2) is 5.06 Å². The lowest BCUT2D eigenvalue weighted by molar-refractivity contribution is 0.296. The van der Waals surface area contributed by atoms with E-state index >= 15 is 0 Å². The number of rotatable bonds is 3. The zero-order chi connectivity index (χ0) is 11.2. The van der Waals surface area contributed by atoms with Crippen LogP contribution in [0, 0.1) is 0 Å². The molecular formula is C14H13NO. The highest BCUT2D eigenvalue weighted by molar-refractivity contribution is 5.55. The zero-order valence-corrected chi connectivity index (χ0v) is 8.82. The average molecular weight is 211 g/mol. The van der Waals surface area contributed by atoms with E-state index in [2.05, 4.69) is 0 Å². The van der Waals surface area contributed by atoms with Crippen LogP contribution in [0.3, 0.4) is 0 Å². The molecule has 0 aromatic heterocycles. The molecule has 0 aliphatic rings. The van der Waals surface area contributed by atoms with Crippen molar-refractivity contribution in [2.45, 2.75) is 0 Å². The molecule has 0 radical (unpaired) electrons. The number of anilines is 1. The van der Waals surface area contributed by atoms with E-state index in [9.17, 15) is 5.21 Å². The average Bonchev–Trinajstić information content (AvgIpc) is 2.38. The van der Waals surface area contributed by atoms with Crippen molar-refractivity contribution in [3.63, 3.8) is 0 Å². The molecule has 0 atom stereocenters. The molecule has 2 aromatic carbocycles. The van der Waals surface area contributed by atoms with Gasteiger partial charge in [-0.1, -0.05) is 48.5 Å². The van der Waals surface area contributed by atoms with Crippen molar-refractivity contribution in [3.8, 4) is 0 Å². The number of hydroxylamine groups is 1. The first-order chi connectivity index (χ1) is 7.86. The van der Waals surface area contributed by atoms with Crippen LogP contribution in [-0.2, 0) is 0 Å². The van der Waals surface area contributed by atoms with Gasteiger partial charge in [-0.2, -0.15) is 0 Å². The smallest absolute Gasteiger partial charge is 0.0685 e. The van der Waals surface area contributed by atoms with Crippen LogP contribution in [0.1, 0.15) is 5.56 Å². The second kappa shape index (κ2) is 5.14. The van der Waals surface area contributed by atoms with Gasteiger partial charge in [0.05, 0.1) is 5.69 Å². The van der Waals surface area contributed by atoms with Crippen molar-refractivity contribution in [3.05, 3.63) is 72.4 Å². The van der Waals surface area contributed by atoms with Crippen molar-refractivity contribution in [1.82, 2.24) is 0 Å². The number of para-hydroxylation sites is 1. The van der Waals surface area contributed by atoms with E-state index in [1.165, 1.54) is 0 Å². The van der Waals surface area contributed by atoms with Crippen molar-refractivity contribution in [1.29, 1.82) is 0 Å². The van der Waals surface area contributed by atoms with Gasteiger partial charge >= 0.3 is 0 Å². The highest BCUT2D eigenvalue weighted by Crippen LogP contribution is 2.12. The van der Waals surface area contributed by atoms with Gasteiger partial charge in [0, 0.05) is 6.20 Å². The maximum absolute atomic E-state index is 9.73. The minimum Gasteiger partial charge on any atom is -0.284 e. The van der Waals surface area contributed by atoms with E-state index in [4.69, 9.17) is 0 Å². The van der Waals surface area contributed by atoms with Crippen LogP contribution in [0.4, 0.5) is 5.69 Å². The summed E-state index contributed by atoms with van der Waals surface area (Å²) >= 11 is 0. The first kappa shape index (κ1) is 10.5. The molecule has 2 heteroatoms. The lowest BCUT2D eigenvalue weighted by atomic mass is 10.2. The molecule has 0 unspecified atom stereocenters. The molecule has 80 valence electrons. The fraction of sp³-hybridized carbons (Fsp3) is 0. The zero-order valence-electron chi connectivity index (χ0n) is 8.82. The summed E-state index contributed by atoms with van der Waals surface area (Å²) in [5, 5.41) is 10.8. The van der Waals surface area contributed by atoms with Gasteiger partial charge in [-0.05, 0) is 23.8 Å². The quantitative estimate of drug-likeness (QED) is 0.785. The fourth-order valence-electron chi connectivity index (χ4n) is 1.39. The molecule has 0 amide bonds. The maximum atomic E-state index is 9.73. The minimum atomic E-state index is 0.745. The third kappa shape index (κ3) is 2.72. The van der Waals surface area contributed by atoms with E-state index in [1.54, 1.807) is 6.20 Å². The van der Waals surface area contributed by atoms with E-state index in [0.29, 0.717) is 0 Å². The number of nitrogens with zero attached hydrogens (tertiary/aromatic N) is 1. The Morgan fingerprint density at radius 1 is 0.812 bits per heavy atom. The molecule has 2 nitrogen and oxygen atoms in total. The number of hydrogen-bond acceptors (Lipinski definition) is 2. The third-order valence-corrected chi connectivity index (χ3v) is 2.23. The predicted molar refractivity (Wildman–Crippen MR) is 66.2 cm³/mol. The highest BCUT2D eigenvalue weighted by atomic mass is 16.5. The van der Waals surface area contributed by atoms with Crippen LogP contribution in [-0.4, -0.2) is 5.21 Å². The second-order valence-electron chi connectivity index (χ2n) is 3.41. The highest BCUT2D eigenvalue weighted by Gasteiger charge is 1.95. The Bertz CT molecular complexity index is 451. The molecule has 0 fully saturated rings. The Morgan fingerprint density at radius 3 is 2.00 bits per heavy atom. The van der Waals surface area contributed by atoms with Crippen LogP contribution in [0.2, 0.25) is 0 Å². The van der Waals surface area contributed by atoms with Crippen LogP contribution < -0.4 is 5.06 Å². The fourth-order valence-corrected chi connectivity index (χ4v) is 1.39. The first-order valence-corrected chi connectivity index (χ1v) is 5.13. The molecule has 2 aromatic rings. The van der Waals surface area contributed by atoms with Crippen LogP contribution in [0.5, 0.6) is 0 Å². The maximum Gasteiger partial charge on any atom is 0.0685 e. The van der Waals surface area contributed by atoms with Crippen LogP contribution >= 0.6 is 0 Å². The molecule has 2 rings (SSSR count). The van der Waals surface area contributed by atoms with E-state index in [-0.39, 0.29) is 0 Å². The Morgan fingerprint density at radius 2 is 1.38 bits per heavy atom. The van der Waals surface area contributed by atoms with Crippen LogP contribution in [0.25, 0.3) is 6.08 Å². The molecule has 0 saturated carbocycles. The molecule has 0 bridgehead atoms. The topological polar surface area (TPSA) is 23.5 Å². The summed E-state index contributed by atoms with van der Waals surface area (Å²) in [5.74, 6) is 0.